The highest BCUT2D eigenvalue weighted by Crippen LogP contribution is 2.20. The third kappa shape index (κ3) is 2.62. The van der Waals surface area contributed by atoms with Gasteiger partial charge < -0.3 is 9.84 Å². The summed E-state index contributed by atoms with van der Waals surface area (Å²) in [6.07, 6.45) is 5.28. The van der Waals surface area contributed by atoms with Crippen molar-refractivity contribution in [2.45, 2.75) is 38.3 Å². The summed E-state index contributed by atoms with van der Waals surface area (Å²) in [5.41, 5.74) is 2.02. The van der Waals surface area contributed by atoms with Gasteiger partial charge in [-0.25, -0.2) is 0 Å². The molecule has 94 valence electrons. The Kier molecular flexibility index (Phi) is 3.42. The molecule has 0 unspecified atom stereocenters. The van der Waals surface area contributed by atoms with Crippen LogP contribution in [0.5, 0.6) is 0 Å². The van der Waals surface area contributed by atoms with E-state index in [1.54, 1.807) is 0 Å². The van der Waals surface area contributed by atoms with E-state index in [1.165, 1.54) is 25.7 Å². The van der Waals surface area contributed by atoms with Crippen LogP contribution in [0.25, 0.3) is 11.3 Å². The van der Waals surface area contributed by atoms with Crippen molar-refractivity contribution in [3.8, 4) is 11.3 Å². The molecule has 1 aromatic heterocycles. The third-order valence-electron chi connectivity index (χ3n) is 3.55. The first-order valence-electron chi connectivity index (χ1n) is 6.66. The maximum atomic E-state index is 5.37. The minimum absolute atomic E-state index is 0.662. The summed E-state index contributed by atoms with van der Waals surface area (Å²) in [5.74, 6) is 0.917. The Bertz CT molecular complexity index is 486. The smallest absolute Gasteiger partial charge is 0.151 e. The van der Waals surface area contributed by atoms with Crippen LogP contribution in [0.15, 0.2) is 40.9 Å². The predicted octanol–water partition coefficient (Wildman–Crippen LogP) is 3.37. The molecule has 3 heteroatoms. The van der Waals surface area contributed by atoms with Crippen LogP contribution in [0.2, 0.25) is 0 Å². The SMILES string of the molecule is c1ccc(-c2cc(CNC3CCCC3)on2)cc1. The normalized spacial score (nSPS) is 16.2. The first-order valence-corrected chi connectivity index (χ1v) is 6.66. The maximum absolute atomic E-state index is 5.37. The number of rotatable bonds is 4. The van der Waals surface area contributed by atoms with Crippen molar-refractivity contribution >= 4 is 0 Å². The molecule has 1 N–H and O–H groups in total. The highest BCUT2D eigenvalue weighted by Gasteiger charge is 2.15. The Morgan fingerprint density at radius 2 is 1.94 bits per heavy atom. The van der Waals surface area contributed by atoms with Crippen LogP contribution in [0.4, 0.5) is 0 Å². The summed E-state index contributed by atoms with van der Waals surface area (Å²) < 4.78 is 5.37. The quantitative estimate of drug-likeness (QED) is 0.893. The van der Waals surface area contributed by atoms with Gasteiger partial charge in [0.2, 0.25) is 0 Å². The fraction of sp³-hybridized carbons (Fsp3) is 0.400. The lowest BCUT2D eigenvalue weighted by Gasteiger charge is -2.08. The van der Waals surface area contributed by atoms with Gasteiger partial charge in [0.15, 0.2) is 5.76 Å². The van der Waals surface area contributed by atoms with Crippen molar-refractivity contribution in [2.24, 2.45) is 0 Å². The summed E-state index contributed by atoms with van der Waals surface area (Å²) in [6.45, 7) is 0.782. The van der Waals surface area contributed by atoms with E-state index in [4.69, 9.17) is 4.52 Å². The second kappa shape index (κ2) is 5.36. The van der Waals surface area contributed by atoms with E-state index in [2.05, 4.69) is 10.5 Å². The monoisotopic (exact) mass is 242 g/mol. The number of hydrogen-bond acceptors (Lipinski definition) is 3. The molecule has 0 saturated heterocycles. The maximum Gasteiger partial charge on any atom is 0.151 e. The average molecular weight is 242 g/mol. The van der Waals surface area contributed by atoms with Gasteiger partial charge in [-0.05, 0) is 12.8 Å². The topological polar surface area (TPSA) is 38.1 Å². The van der Waals surface area contributed by atoms with Crippen molar-refractivity contribution in [1.29, 1.82) is 0 Å². The van der Waals surface area contributed by atoms with Crippen LogP contribution >= 0.6 is 0 Å². The Morgan fingerprint density at radius 1 is 1.17 bits per heavy atom. The molecular formula is C15H18N2O. The van der Waals surface area contributed by atoms with Gasteiger partial charge in [-0.1, -0.05) is 48.3 Å². The molecule has 0 bridgehead atoms. The number of nitrogens with one attached hydrogen (secondary N) is 1. The third-order valence-corrected chi connectivity index (χ3v) is 3.55. The standard InChI is InChI=1S/C15H18N2O/c1-2-6-12(7-3-1)15-10-14(18-17-15)11-16-13-8-4-5-9-13/h1-3,6-7,10,13,16H,4-5,8-9,11H2. The predicted molar refractivity (Wildman–Crippen MR) is 71.0 cm³/mol. The minimum atomic E-state index is 0.662. The van der Waals surface area contributed by atoms with E-state index in [0.717, 1.165) is 23.6 Å². The molecule has 0 radical (unpaired) electrons. The van der Waals surface area contributed by atoms with Gasteiger partial charge in [-0.3, -0.25) is 0 Å². The molecule has 18 heavy (non-hydrogen) atoms. The van der Waals surface area contributed by atoms with Crippen molar-refractivity contribution in [1.82, 2.24) is 10.5 Å². The second-order valence-electron chi connectivity index (χ2n) is 4.91. The lowest BCUT2D eigenvalue weighted by Crippen LogP contribution is -2.24. The average Bonchev–Trinajstić information content (AvgIpc) is 3.09. The van der Waals surface area contributed by atoms with Gasteiger partial charge in [0.25, 0.3) is 0 Å². The van der Waals surface area contributed by atoms with Gasteiger partial charge >= 0.3 is 0 Å². The van der Waals surface area contributed by atoms with Crippen LogP contribution < -0.4 is 5.32 Å². The molecule has 1 saturated carbocycles. The number of hydrogen-bond donors (Lipinski definition) is 1. The zero-order valence-electron chi connectivity index (χ0n) is 10.4. The molecule has 0 amide bonds. The van der Waals surface area contributed by atoms with Crippen molar-refractivity contribution in [3.05, 3.63) is 42.2 Å². The molecule has 0 aliphatic heterocycles. The Balaban J connectivity index is 1.63. The number of nitrogens with zero attached hydrogens (tertiary/aromatic N) is 1. The summed E-state index contributed by atoms with van der Waals surface area (Å²) >= 11 is 0. The summed E-state index contributed by atoms with van der Waals surface area (Å²) in [5, 5.41) is 7.65. The van der Waals surface area contributed by atoms with Crippen LogP contribution in [0.3, 0.4) is 0 Å². The summed E-state index contributed by atoms with van der Waals surface area (Å²) in [7, 11) is 0. The molecular weight excluding hydrogens is 224 g/mol. The fourth-order valence-corrected chi connectivity index (χ4v) is 2.52. The molecule has 0 spiro atoms. The molecule has 1 aliphatic rings. The van der Waals surface area contributed by atoms with Crippen molar-refractivity contribution < 1.29 is 4.52 Å². The largest absolute Gasteiger partial charge is 0.359 e. The molecule has 1 aliphatic carbocycles. The summed E-state index contributed by atoms with van der Waals surface area (Å²) in [6, 6.07) is 12.8. The second-order valence-corrected chi connectivity index (χ2v) is 4.91. The molecule has 3 nitrogen and oxygen atoms in total. The zero-order chi connectivity index (χ0) is 12.2. The molecule has 1 fully saturated rings. The van der Waals surface area contributed by atoms with Gasteiger partial charge in [0, 0.05) is 17.7 Å². The molecule has 1 aromatic carbocycles. The van der Waals surface area contributed by atoms with Gasteiger partial charge in [-0.15, -0.1) is 0 Å². The minimum Gasteiger partial charge on any atom is -0.359 e. The van der Waals surface area contributed by atoms with Gasteiger partial charge in [-0.2, -0.15) is 0 Å². The number of benzene rings is 1. The Labute approximate surface area is 107 Å². The molecule has 3 rings (SSSR count). The van der Waals surface area contributed by atoms with Crippen molar-refractivity contribution in [2.75, 3.05) is 0 Å². The number of aromatic nitrogens is 1. The van der Waals surface area contributed by atoms with E-state index in [9.17, 15) is 0 Å². The molecule has 1 heterocycles. The lowest BCUT2D eigenvalue weighted by molar-refractivity contribution is 0.364. The van der Waals surface area contributed by atoms with Crippen LogP contribution in [-0.4, -0.2) is 11.2 Å². The van der Waals surface area contributed by atoms with E-state index in [0.29, 0.717) is 6.04 Å². The molecule has 0 atom stereocenters. The highest BCUT2D eigenvalue weighted by molar-refractivity contribution is 5.58. The van der Waals surface area contributed by atoms with E-state index in [-0.39, 0.29) is 0 Å². The fourth-order valence-electron chi connectivity index (χ4n) is 2.52. The van der Waals surface area contributed by atoms with Crippen LogP contribution in [0, 0.1) is 0 Å². The van der Waals surface area contributed by atoms with Crippen molar-refractivity contribution in [3.63, 3.8) is 0 Å². The van der Waals surface area contributed by atoms with Crippen LogP contribution in [-0.2, 0) is 6.54 Å². The zero-order valence-corrected chi connectivity index (χ0v) is 10.4. The Morgan fingerprint density at radius 3 is 2.72 bits per heavy atom. The first-order chi connectivity index (χ1) is 8.92. The van der Waals surface area contributed by atoms with E-state index in [1.807, 2.05) is 36.4 Å². The van der Waals surface area contributed by atoms with Gasteiger partial charge in [0.05, 0.1) is 6.54 Å². The lowest BCUT2D eigenvalue weighted by atomic mass is 10.1. The first kappa shape index (κ1) is 11.5. The van der Waals surface area contributed by atoms with Crippen LogP contribution in [0.1, 0.15) is 31.4 Å². The van der Waals surface area contributed by atoms with E-state index < -0.39 is 0 Å². The summed E-state index contributed by atoms with van der Waals surface area (Å²) in [4.78, 5) is 0. The Hall–Kier alpha value is -1.61. The highest BCUT2D eigenvalue weighted by atomic mass is 16.5. The van der Waals surface area contributed by atoms with E-state index >= 15 is 0 Å². The van der Waals surface area contributed by atoms with Gasteiger partial charge in [0.1, 0.15) is 5.69 Å². The molecule has 2 aromatic rings.